The summed E-state index contributed by atoms with van der Waals surface area (Å²) in [6, 6.07) is 4.73. The second-order valence-corrected chi connectivity index (χ2v) is 4.64. The van der Waals surface area contributed by atoms with Gasteiger partial charge in [0.15, 0.2) is 11.6 Å². The Morgan fingerprint density at radius 2 is 1.60 bits per heavy atom. The van der Waals surface area contributed by atoms with Crippen LogP contribution in [0.15, 0.2) is 30.3 Å². The molecule has 5 nitrogen and oxygen atoms in total. The summed E-state index contributed by atoms with van der Waals surface area (Å²) in [6.45, 7) is -0.257. The summed E-state index contributed by atoms with van der Waals surface area (Å²) < 4.78 is 57.6. The lowest BCUT2D eigenvalue weighted by Gasteiger charge is -2.09. The number of nitrogens with one attached hydrogen (secondary N) is 1. The van der Waals surface area contributed by atoms with Crippen LogP contribution < -0.4 is 10.1 Å². The molecule has 0 fully saturated rings. The molecule has 0 radical (unpaired) electrons. The highest BCUT2D eigenvalue weighted by molar-refractivity contribution is 5.98. The van der Waals surface area contributed by atoms with Gasteiger partial charge in [0.25, 0.3) is 5.91 Å². The molecule has 9 heteroatoms. The van der Waals surface area contributed by atoms with Gasteiger partial charge < -0.3 is 14.8 Å². The predicted molar refractivity (Wildman–Crippen MR) is 76.1 cm³/mol. The summed E-state index contributed by atoms with van der Waals surface area (Å²) >= 11 is 0. The van der Waals surface area contributed by atoms with Gasteiger partial charge in [0.05, 0.1) is 12.1 Å². The highest BCUT2D eigenvalue weighted by Crippen LogP contribution is 2.27. The Hall–Kier alpha value is -3.23. The third-order valence-electron chi connectivity index (χ3n) is 2.97. The maximum absolute atomic E-state index is 13.5. The van der Waals surface area contributed by atoms with Crippen molar-refractivity contribution < 1.29 is 36.7 Å². The van der Waals surface area contributed by atoms with Gasteiger partial charge in [0.2, 0.25) is 17.4 Å². The Morgan fingerprint density at radius 1 is 1.00 bits per heavy atom. The largest absolute Gasteiger partial charge is 0.416 e. The minimum absolute atomic E-state index is 0.0278. The van der Waals surface area contributed by atoms with Crippen molar-refractivity contribution in [3.63, 3.8) is 0 Å². The smallest absolute Gasteiger partial charge is 0.343 e. The summed E-state index contributed by atoms with van der Waals surface area (Å²) in [4.78, 5) is 33.9. The van der Waals surface area contributed by atoms with Crippen LogP contribution in [0.1, 0.15) is 20.7 Å². The molecule has 0 saturated heterocycles. The molecule has 0 heterocycles. The van der Waals surface area contributed by atoms with E-state index < -0.39 is 40.9 Å². The molecule has 0 unspecified atom stereocenters. The topological polar surface area (TPSA) is 72.5 Å². The van der Waals surface area contributed by atoms with E-state index in [9.17, 15) is 31.9 Å². The first-order chi connectivity index (χ1) is 11.8. The molecule has 1 N–H and O–H groups in total. The van der Waals surface area contributed by atoms with E-state index in [1.807, 2.05) is 0 Å². The molecule has 2 rings (SSSR count). The van der Waals surface area contributed by atoms with Gasteiger partial charge in [-0.1, -0.05) is 6.07 Å². The summed E-state index contributed by atoms with van der Waals surface area (Å²) in [5.41, 5.74) is -0.343. The van der Waals surface area contributed by atoms with Gasteiger partial charge in [0.1, 0.15) is 6.29 Å². The Bertz CT molecular complexity index is 828. The lowest BCUT2D eigenvalue weighted by molar-refractivity contribution is -0.107. The minimum Gasteiger partial charge on any atom is -0.416 e. The average Bonchev–Trinajstić information content (AvgIpc) is 2.61. The summed E-state index contributed by atoms with van der Waals surface area (Å²) in [5.74, 6) is -10.8. The fraction of sp³-hybridized carbons (Fsp3) is 0.0625. The number of carbonyl (C=O) groups is 3. The number of ether oxygens (including phenoxy) is 1. The van der Waals surface area contributed by atoms with Gasteiger partial charge in [-0.2, -0.15) is 8.78 Å². The second-order valence-electron chi connectivity index (χ2n) is 4.64. The molecule has 25 heavy (non-hydrogen) atoms. The van der Waals surface area contributed by atoms with Crippen molar-refractivity contribution in [2.75, 3.05) is 6.54 Å². The third kappa shape index (κ3) is 4.00. The molecular formula is C16H9F4NO4. The molecule has 1 amide bonds. The average molecular weight is 355 g/mol. The monoisotopic (exact) mass is 355 g/mol. The maximum Gasteiger partial charge on any atom is 0.343 e. The first-order valence-electron chi connectivity index (χ1n) is 6.72. The van der Waals surface area contributed by atoms with E-state index in [-0.39, 0.29) is 23.7 Å². The van der Waals surface area contributed by atoms with Gasteiger partial charge in [-0.25, -0.2) is 13.6 Å². The molecule has 0 saturated carbocycles. The van der Waals surface area contributed by atoms with E-state index in [4.69, 9.17) is 0 Å². The van der Waals surface area contributed by atoms with Crippen LogP contribution >= 0.6 is 0 Å². The lowest BCUT2D eigenvalue weighted by atomic mass is 10.1. The Balaban J connectivity index is 2.28. The van der Waals surface area contributed by atoms with E-state index in [2.05, 4.69) is 10.1 Å². The maximum atomic E-state index is 13.5. The fourth-order valence-corrected chi connectivity index (χ4v) is 1.82. The molecule has 0 aliphatic heterocycles. The molecule has 2 aromatic carbocycles. The van der Waals surface area contributed by atoms with E-state index in [0.29, 0.717) is 6.29 Å². The standard InChI is InChI=1S/C16H9F4NO4/c17-10-7-11(18)13(20)14(12(10)19)25-16(24)9-3-1-2-8(6-9)15(23)21-4-5-22/h1-3,5-7H,4H2,(H,21,23). The van der Waals surface area contributed by atoms with E-state index >= 15 is 0 Å². The summed E-state index contributed by atoms with van der Waals surface area (Å²) in [7, 11) is 0. The van der Waals surface area contributed by atoms with E-state index in [0.717, 1.165) is 12.1 Å². The van der Waals surface area contributed by atoms with Crippen LogP contribution in [0.3, 0.4) is 0 Å². The normalized spacial score (nSPS) is 10.2. The van der Waals surface area contributed by atoms with Gasteiger partial charge in [-0.3, -0.25) is 4.79 Å². The van der Waals surface area contributed by atoms with Gasteiger partial charge in [0, 0.05) is 11.6 Å². The fourth-order valence-electron chi connectivity index (χ4n) is 1.82. The first-order valence-corrected chi connectivity index (χ1v) is 6.72. The van der Waals surface area contributed by atoms with Crippen molar-refractivity contribution in [2.45, 2.75) is 0 Å². The highest BCUT2D eigenvalue weighted by atomic mass is 19.2. The van der Waals surface area contributed by atoms with E-state index in [1.54, 1.807) is 0 Å². The zero-order valence-corrected chi connectivity index (χ0v) is 12.3. The quantitative estimate of drug-likeness (QED) is 0.294. The van der Waals surface area contributed by atoms with Crippen LogP contribution in [0.2, 0.25) is 0 Å². The molecule has 2 aromatic rings. The molecule has 0 bridgehead atoms. The van der Waals surface area contributed by atoms with Crippen molar-refractivity contribution in [3.05, 3.63) is 64.7 Å². The summed E-state index contributed by atoms with van der Waals surface area (Å²) in [6.07, 6.45) is 0.445. The molecule has 0 aliphatic rings. The predicted octanol–water partition coefficient (Wildman–Crippen LogP) is 2.39. The Morgan fingerprint density at radius 3 is 2.20 bits per heavy atom. The van der Waals surface area contributed by atoms with Gasteiger partial charge in [-0.05, 0) is 18.2 Å². The van der Waals surface area contributed by atoms with Crippen LogP contribution in [0.5, 0.6) is 5.75 Å². The molecule has 130 valence electrons. The molecular weight excluding hydrogens is 346 g/mol. The number of halogens is 4. The minimum atomic E-state index is -1.87. The van der Waals surface area contributed by atoms with Crippen LogP contribution in [0.4, 0.5) is 17.6 Å². The number of hydrogen-bond acceptors (Lipinski definition) is 4. The number of hydrogen-bond donors (Lipinski definition) is 1. The van der Waals surface area contributed by atoms with Crippen molar-refractivity contribution in [3.8, 4) is 5.75 Å². The van der Waals surface area contributed by atoms with Gasteiger partial charge >= 0.3 is 5.97 Å². The zero-order valence-electron chi connectivity index (χ0n) is 12.3. The number of rotatable bonds is 5. The number of carbonyl (C=O) groups excluding carboxylic acids is 3. The van der Waals surface area contributed by atoms with Crippen LogP contribution in [0, 0.1) is 23.3 Å². The number of benzene rings is 2. The van der Waals surface area contributed by atoms with Crippen LogP contribution in [-0.2, 0) is 4.79 Å². The number of aldehydes is 1. The van der Waals surface area contributed by atoms with Crippen LogP contribution in [-0.4, -0.2) is 24.7 Å². The lowest BCUT2D eigenvalue weighted by Crippen LogP contribution is -2.25. The number of amides is 1. The zero-order chi connectivity index (χ0) is 18.6. The summed E-state index contributed by atoms with van der Waals surface area (Å²) in [5, 5.41) is 2.22. The van der Waals surface area contributed by atoms with E-state index in [1.165, 1.54) is 12.1 Å². The molecule has 0 aromatic heterocycles. The highest BCUT2D eigenvalue weighted by Gasteiger charge is 2.24. The molecule has 0 spiro atoms. The van der Waals surface area contributed by atoms with Crippen molar-refractivity contribution in [2.24, 2.45) is 0 Å². The Labute approximate surface area is 138 Å². The van der Waals surface area contributed by atoms with Crippen LogP contribution in [0.25, 0.3) is 0 Å². The Kier molecular flexibility index (Phi) is 5.48. The molecule has 0 atom stereocenters. The van der Waals surface area contributed by atoms with Gasteiger partial charge in [-0.15, -0.1) is 0 Å². The van der Waals surface area contributed by atoms with Crippen molar-refractivity contribution in [1.29, 1.82) is 0 Å². The van der Waals surface area contributed by atoms with Crippen molar-refractivity contribution >= 4 is 18.2 Å². The SMILES string of the molecule is O=CCNC(=O)c1cccc(C(=O)Oc2c(F)c(F)cc(F)c2F)c1. The second kappa shape index (κ2) is 7.56. The van der Waals surface area contributed by atoms with Crippen molar-refractivity contribution in [1.82, 2.24) is 5.32 Å². The third-order valence-corrected chi connectivity index (χ3v) is 2.97. The first kappa shape index (κ1) is 18.1. The number of esters is 1. The molecule has 0 aliphatic carbocycles.